The van der Waals surface area contributed by atoms with E-state index in [1.54, 1.807) is 18.2 Å². The van der Waals surface area contributed by atoms with Gasteiger partial charge in [0.25, 0.3) is 0 Å². The van der Waals surface area contributed by atoms with Crippen LogP contribution in [0.25, 0.3) is 0 Å². The highest BCUT2D eigenvalue weighted by molar-refractivity contribution is 7.89. The van der Waals surface area contributed by atoms with Crippen LogP contribution in [0, 0.1) is 5.92 Å². The van der Waals surface area contributed by atoms with Crippen LogP contribution < -0.4 is 0 Å². The summed E-state index contributed by atoms with van der Waals surface area (Å²) in [6.45, 7) is 10.2. The molecule has 0 saturated carbocycles. The molecule has 9 heteroatoms. The van der Waals surface area contributed by atoms with Crippen LogP contribution in [0.1, 0.15) is 58.1 Å². The SMILES string of the molecule is CC(C)C(=O)N1CCn2c(nnc2C2CCN(S(=O)(=O)C(C)C)CC2)C1. The summed E-state index contributed by atoms with van der Waals surface area (Å²) in [5.74, 6) is 2.13. The Balaban J connectivity index is 1.68. The first-order chi connectivity index (χ1) is 12.2. The zero-order valence-electron chi connectivity index (χ0n) is 16.1. The average molecular weight is 384 g/mol. The average Bonchev–Trinajstić information content (AvgIpc) is 3.04. The van der Waals surface area contributed by atoms with Crippen LogP contribution in [0.15, 0.2) is 0 Å². The number of rotatable bonds is 4. The summed E-state index contributed by atoms with van der Waals surface area (Å²) in [5, 5.41) is 8.31. The molecule has 2 aliphatic heterocycles. The van der Waals surface area contributed by atoms with Gasteiger partial charge in [-0.1, -0.05) is 13.8 Å². The zero-order chi connectivity index (χ0) is 19.1. The number of nitrogens with zero attached hydrogens (tertiary/aromatic N) is 5. The van der Waals surface area contributed by atoms with Crippen molar-refractivity contribution in [3.05, 3.63) is 11.6 Å². The lowest BCUT2D eigenvalue weighted by atomic mass is 9.97. The molecule has 0 bridgehead atoms. The van der Waals surface area contributed by atoms with Crippen molar-refractivity contribution in [2.45, 2.75) is 64.8 Å². The van der Waals surface area contributed by atoms with Crippen molar-refractivity contribution in [1.29, 1.82) is 0 Å². The van der Waals surface area contributed by atoms with Gasteiger partial charge >= 0.3 is 0 Å². The van der Waals surface area contributed by atoms with Crippen LogP contribution >= 0.6 is 0 Å². The summed E-state index contributed by atoms with van der Waals surface area (Å²) in [6.07, 6.45) is 1.53. The number of sulfonamides is 1. The summed E-state index contributed by atoms with van der Waals surface area (Å²) in [4.78, 5) is 14.1. The Morgan fingerprint density at radius 1 is 1.04 bits per heavy atom. The highest BCUT2D eigenvalue weighted by Gasteiger charge is 2.34. The molecule has 0 spiro atoms. The molecule has 3 heterocycles. The Morgan fingerprint density at radius 3 is 2.27 bits per heavy atom. The van der Waals surface area contributed by atoms with Crippen molar-refractivity contribution >= 4 is 15.9 Å². The number of carbonyl (C=O) groups excluding carboxylic acids is 1. The van der Waals surface area contributed by atoms with Crippen molar-refractivity contribution in [2.75, 3.05) is 19.6 Å². The van der Waals surface area contributed by atoms with Crippen LogP contribution in [0.3, 0.4) is 0 Å². The molecule has 0 unspecified atom stereocenters. The molecule has 146 valence electrons. The third-order valence-electron chi connectivity index (χ3n) is 5.36. The van der Waals surface area contributed by atoms with E-state index in [0.717, 1.165) is 24.5 Å². The molecule has 1 saturated heterocycles. The van der Waals surface area contributed by atoms with Crippen molar-refractivity contribution in [2.24, 2.45) is 5.92 Å². The fourth-order valence-corrected chi connectivity index (χ4v) is 5.02. The molecule has 2 aliphatic rings. The lowest BCUT2D eigenvalue weighted by molar-refractivity contribution is -0.136. The molecule has 0 aromatic carbocycles. The smallest absolute Gasteiger partial charge is 0.225 e. The summed E-state index contributed by atoms with van der Waals surface area (Å²) >= 11 is 0. The molecule has 1 aromatic heterocycles. The number of piperidine rings is 1. The number of amides is 1. The lowest BCUT2D eigenvalue weighted by Crippen LogP contribution is -2.43. The second-order valence-corrected chi connectivity index (χ2v) is 10.3. The van der Waals surface area contributed by atoms with Crippen molar-refractivity contribution in [1.82, 2.24) is 24.0 Å². The minimum Gasteiger partial charge on any atom is -0.333 e. The fraction of sp³-hybridized carbons (Fsp3) is 0.824. The Labute approximate surface area is 155 Å². The highest BCUT2D eigenvalue weighted by Crippen LogP contribution is 2.30. The van der Waals surface area contributed by atoms with E-state index in [0.29, 0.717) is 32.7 Å². The molecular formula is C17H29N5O3S. The Bertz CT molecular complexity index is 763. The second kappa shape index (κ2) is 7.26. The van der Waals surface area contributed by atoms with Gasteiger partial charge in [-0.15, -0.1) is 10.2 Å². The Hall–Kier alpha value is -1.48. The molecular weight excluding hydrogens is 354 g/mol. The van der Waals surface area contributed by atoms with Crippen LogP contribution in [0.4, 0.5) is 0 Å². The minimum absolute atomic E-state index is 0.0174. The van der Waals surface area contributed by atoms with E-state index in [1.807, 2.05) is 18.7 Å². The van der Waals surface area contributed by atoms with E-state index >= 15 is 0 Å². The van der Waals surface area contributed by atoms with Gasteiger partial charge in [-0.05, 0) is 26.7 Å². The summed E-state index contributed by atoms with van der Waals surface area (Å²) < 4.78 is 28.4. The number of aromatic nitrogens is 3. The van der Waals surface area contributed by atoms with Gasteiger partial charge in [-0.25, -0.2) is 12.7 Å². The predicted octanol–water partition coefficient (Wildman–Crippen LogP) is 1.19. The number of fused-ring (bicyclic) bond motifs is 1. The Kier molecular flexibility index (Phi) is 5.39. The lowest BCUT2D eigenvalue weighted by Gasteiger charge is -2.33. The van der Waals surface area contributed by atoms with E-state index in [-0.39, 0.29) is 23.0 Å². The number of carbonyl (C=O) groups is 1. The zero-order valence-corrected chi connectivity index (χ0v) is 16.9. The number of hydrogen-bond donors (Lipinski definition) is 0. The molecule has 0 atom stereocenters. The van der Waals surface area contributed by atoms with Crippen LogP contribution in [0.5, 0.6) is 0 Å². The van der Waals surface area contributed by atoms with Gasteiger partial charge in [-0.2, -0.15) is 0 Å². The maximum atomic E-state index is 12.3. The van der Waals surface area contributed by atoms with Crippen molar-refractivity contribution in [3.63, 3.8) is 0 Å². The van der Waals surface area contributed by atoms with Crippen LogP contribution in [-0.2, 0) is 27.9 Å². The van der Waals surface area contributed by atoms with E-state index in [9.17, 15) is 13.2 Å². The molecule has 0 aliphatic carbocycles. The maximum absolute atomic E-state index is 12.3. The van der Waals surface area contributed by atoms with E-state index in [1.165, 1.54) is 0 Å². The second-order valence-electron chi connectivity index (χ2n) is 7.81. The minimum atomic E-state index is -3.19. The first kappa shape index (κ1) is 19.3. The normalized spacial score (nSPS) is 20.0. The first-order valence-electron chi connectivity index (χ1n) is 9.41. The van der Waals surface area contributed by atoms with Gasteiger partial charge in [0.1, 0.15) is 5.82 Å². The van der Waals surface area contributed by atoms with E-state index < -0.39 is 10.0 Å². The van der Waals surface area contributed by atoms with Gasteiger partial charge in [0, 0.05) is 38.0 Å². The molecule has 8 nitrogen and oxygen atoms in total. The summed E-state index contributed by atoms with van der Waals surface area (Å²) in [5.41, 5.74) is 0. The predicted molar refractivity (Wildman–Crippen MR) is 97.9 cm³/mol. The van der Waals surface area contributed by atoms with Crippen molar-refractivity contribution < 1.29 is 13.2 Å². The van der Waals surface area contributed by atoms with Gasteiger partial charge in [0.2, 0.25) is 15.9 Å². The van der Waals surface area contributed by atoms with Crippen LogP contribution in [0.2, 0.25) is 0 Å². The van der Waals surface area contributed by atoms with Gasteiger partial charge < -0.3 is 9.47 Å². The molecule has 1 aromatic rings. The van der Waals surface area contributed by atoms with Gasteiger partial charge in [0.05, 0.1) is 11.8 Å². The highest BCUT2D eigenvalue weighted by atomic mass is 32.2. The third kappa shape index (κ3) is 3.51. The first-order valence-corrected chi connectivity index (χ1v) is 10.9. The fourth-order valence-electron chi connectivity index (χ4n) is 3.70. The standard InChI is InChI=1S/C17H29N5O3S/c1-12(2)17(23)20-9-10-22-15(11-20)18-19-16(22)14-5-7-21(8-6-14)26(24,25)13(3)4/h12-14H,5-11H2,1-4H3. The van der Waals surface area contributed by atoms with E-state index in [2.05, 4.69) is 14.8 Å². The molecule has 3 rings (SSSR count). The molecule has 1 fully saturated rings. The quantitative estimate of drug-likeness (QED) is 0.779. The van der Waals surface area contributed by atoms with Crippen molar-refractivity contribution in [3.8, 4) is 0 Å². The summed E-state index contributed by atoms with van der Waals surface area (Å²) in [7, 11) is -3.19. The monoisotopic (exact) mass is 383 g/mol. The molecule has 26 heavy (non-hydrogen) atoms. The molecule has 0 radical (unpaired) electrons. The molecule has 1 amide bonds. The third-order valence-corrected chi connectivity index (χ3v) is 7.64. The van der Waals surface area contributed by atoms with Crippen LogP contribution in [-0.4, -0.2) is 63.2 Å². The number of hydrogen-bond acceptors (Lipinski definition) is 5. The maximum Gasteiger partial charge on any atom is 0.225 e. The largest absolute Gasteiger partial charge is 0.333 e. The van der Waals surface area contributed by atoms with Gasteiger partial charge in [0.15, 0.2) is 5.82 Å². The van der Waals surface area contributed by atoms with E-state index in [4.69, 9.17) is 0 Å². The Morgan fingerprint density at radius 2 is 1.69 bits per heavy atom. The topological polar surface area (TPSA) is 88.4 Å². The van der Waals surface area contributed by atoms with Gasteiger partial charge in [-0.3, -0.25) is 4.79 Å². The molecule has 0 N–H and O–H groups in total. The summed E-state index contributed by atoms with van der Waals surface area (Å²) in [6, 6.07) is 0.